The monoisotopic (exact) mass is 494 g/mol. The zero-order chi connectivity index (χ0) is 25.6. The molecule has 1 aliphatic carbocycles. The number of benzene rings is 3. The van der Waals surface area contributed by atoms with Crippen LogP contribution in [0, 0.1) is 0 Å². The highest BCUT2D eigenvalue weighted by Gasteiger charge is 2.23. The summed E-state index contributed by atoms with van der Waals surface area (Å²) in [5, 5.41) is 8.03. The maximum absolute atomic E-state index is 12.7. The van der Waals surface area contributed by atoms with Gasteiger partial charge in [0, 0.05) is 43.3 Å². The van der Waals surface area contributed by atoms with Gasteiger partial charge in [-0.25, -0.2) is 4.98 Å². The quantitative estimate of drug-likeness (QED) is 0.306. The van der Waals surface area contributed by atoms with E-state index in [4.69, 9.17) is 9.72 Å². The fourth-order valence-corrected chi connectivity index (χ4v) is 4.96. The Kier molecular flexibility index (Phi) is 7.54. The minimum absolute atomic E-state index is 0.0694. The molecule has 2 N–H and O–H groups in total. The van der Waals surface area contributed by atoms with Crippen LogP contribution in [-0.4, -0.2) is 37.1 Å². The molecule has 3 aromatic carbocycles. The summed E-state index contributed by atoms with van der Waals surface area (Å²) < 4.78 is 5.84. The van der Waals surface area contributed by atoms with E-state index in [1.807, 2.05) is 60.7 Å². The third-order valence-corrected chi connectivity index (χ3v) is 6.89. The van der Waals surface area contributed by atoms with Crippen molar-refractivity contribution in [1.29, 1.82) is 0 Å². The Labute approximate surface area is 218 Å². The van der Waals surface area contributed by atoms with Crippen LogP contribution < -0.4 is 20.3 Å². The van der Waals surface area contributed by atoms with E-state index in [1.165, 1.54) is 0 Å². The molecule has 0 atom stereocenters. The number of nitrogens with one attached hydrogen (secondary N) is 2. The molecule has 0 bridgehead atoms. The summed E-state index contributed by atoms with van der Waals surface area (Å²) in [6.45, 7) is 0. The van der Waals surface area contributed by atoms with Crippen molar-refractivity contribution in [3.8, 4) is 11.5 Å². The molecule has 1 aromatic heterocycles. The van der Waals surface area contributed by atoms with Crippen LogP contribution in [0.15, 0.2) is 84.9 Å². The van der Waals surface area contributed by atoms with Crippen LogP contribution in [0.3, 0.4) is 0 Å². The molecular formula is C31H34N4O2. The van der Waals surface area contributed by atoms with Crippen LogP contribution in [0.2, 0.25) is 0 Å². The van der Waals surface area contributed by atoms with Crippen molar-refractivity contribution < 1.29 is 9.53 Å². The molecule has 6 nitrogen and oxygen atoms in total. The third kappa shape index (κ3) is 6.39. The second kappa shape index (κ2) is 11.3. The maximum Gasteiger partial charge on any atom is 0.224 e. The topological polar surface area (TPSA) is 66.5 Å². The van der Waals surface area contributed by atoms with Gasteiger partial charge in [-0.05, 0) is 61.6 Å². The molecule has 4 aromatic rings. The second-order valence-electron chi connectivity index (χ2n) is 9.93. The van der Waals surface area contributed by atoms with E-state index in [1.54, 1.807) is 0 Å². The second-order valence-corrected chi connectivity index (χ2v) is 9.93. The molecule has 1 aliphatic rings. The van der Waals surface area contributed by atoms with Crippen molar-refractivity contribution in [3.05, 3.63) is 90.5 Å². The molecule has 1 heterocycles. The van der Waals surface area contributed by atoms with Gasteiger partial charge in [-0.1, -0.05) is 48.5 Å². The highest BCUT2D eigenvalue weighted by Crippen LogP contribution is 2.29. The van der Waals surface area contributed by atoms with Crippen LogP contribution in [0.5, 0.6) is 11.5 Å². The summed E-state index contributed by atoms with van der Waals surface area (Å²) in [4.78, 5) is 19.7. The predicted octanol–water partition coefficient (Wildman–Crippen LogP) is 6.18. The van der Waals surface area contributed by atoms with Gasteiger partial charge in [0.05, 0.1) is 11.9 Å². The average Bonchev–Trinajstić information content (AvgIpc) is 2.91. The first-order chi connectivity index (χ1) is 18.0. The fraction of sp³-hybridized carbons (Fsp3) is 0.290. The Hall–Kier alpha value is -4.06. The lowest BCUT2D eigenvalue weighted by Crippen LogP contribution is -2.40. The summed E-state index contributed by atoms with van der Waals surface area (Å²) in [5.41, 5.74) is 3.14. The lowest BCUT2D eigenvalue weighted by molar-refractivity contribution is -0.121. The molecule has 5 rings (SSSR count). The van der Waals surface area contributed by atoms with Crippen molar-refractivity contribution >= 4 is 28.3 Å². The molecule has 0 radical (unpaired) electrons. The Bertz CT molecular complexity index is 1330. The van der Waals surface area contributed by atoms with E-state index in [9.17, 15) is 4.79 Å². The van der Waals surface area contributed by atoms with Crippen LogP contribution in [0.25, 0.3) is 10.9 Å². The molecule has 0 aliphatic heterocycles. The van der Waals surface area contributed by atoms with Crippen molar-refractivity contribution in [2.75, 3.05) is 24.3 Å². The van der Waals surface area contributed by atoms with E-state index < -0.39 is 0 Å². The van der Waals surface area contributed by atoms with E-state index in [-0.39, 0.29) is 11.9 Å². The lowest BCUT2D eigenvalue weighted by Gasteiger charge is -2.30. The van der Waals surface area contributed by atoms with Crippen molar-refractivity contribution in [2.24, 2.45) is 0 Å². The number of ether oxygens (including phenoxy) is 1. The van der Waals surface area contributed by atoms with Crippen molar-refractivity contribution in [1.82, 2.24) is 10.3 Å². The van der Waals surface area contributed by atoms with Crippen LogP contribution >= 0.6 is 0 Å². The van der Waals surface area contributed by atoms with E-state index >= 15 is 0 Å². The van der Waals surface area contributed by atoms with Gasteiger partial charge < -0.3 is 20.3 Å². The number of hydrogen-bond donors (Lipinski definition) is 2. The summed E-state index contributed by atoms with van der Waals surface area (Å²) in [5.74, 6) is 2.54. The molecular weight excluding hydrogens is 460 g/mol. The van der Waals surface area contributed by atoms with Crippen LogP contribution in [0.4, 0.5) is 11.5 Å². The lowest BCUT2D eigenvalue weighted by atomic mass is 9.91. The number of fused-ring (bicyclic) bond motifs is 1. The van der Waals surface area contributed by atoms with Crippen molar-refractivity contribution in [3.63, 3.8) is 0 Å². The van der Waals surface area contributed by atoms with Crippen LogP contribution in [0.1, 0.15) is 31.2 Å². The zero-order valence-electron chi connectivity index (χ0n) is 21.5. The molecule has 0 saturated heterocycles. The van der Waals surface area contributed by atoms with Gasteiger partial charge in [-0.15, -0.1) is 0 Å². The van der Waals surface area contributed by atoms with Crippen LogP contribution in [-0.2, 0) is 11.2 Å². The van der Waals surface area contributed by atoms with Gasteiger partial charge in [-0.2, -0.15) is 0 Å². The average molecular weight is 495 g/mol. The predicted molar refractivity (Wildman–Crippen MR) is 151 cm³/mol. The Balaban J connectivity index is 1.10. The summed E-state index contributed by atoms with van der Waals surface area (Å²) in [6.07, 6.45) is 4.30. The number of aromatic nitrogens is 1. The molecule has 0 unspecified atom stereocenters. The summed E-state index contributed by atoms with van der Waals surface area (Å²) in [7, 11) is 4.12. The largest absolute Gasteiger partial charge is 0.457 e. The minimum Gasteiger partial charge on any atom is -0.457 e. The zero-order valence-corrected chi connectivity index (χ0v) is 21.5. The first-order valence-corrected chi connectivity index (χ1v) is 13.0. The van der Waals surface area contributed by atoms with Gasteiger partial charge in [0.15, 0.2) is 0 Å². The smallest absolute Gasteiger partial charge is 0.224 e. The van der Waals surface area contributed by atoms with Gasteiger partial charge in [0.25, 0.3) is 0 Å². The maximum atomic E-state index is 12.7. The Morgan fingerprint density at radius 1 is 0.865 bits per heavy atom. The first-order valence-electron chi connectivity index (χ1n) is 13.0. The Morgan fingerprint density at radius 2 is 1.51 bits per heavy atom. The molecule has 190 valence electrons. The van der Waals surface area contributed by atoms with E-state index in [0.29, 0.717) is 12.5 Å². The Morgan fingerprint density at radius 3 is 2.24 bits per heavy atom. The molecule has 1 fully saturated rings. The van der Waals surface area contributed by atoms with Gasteiger partial charge in [0.2, 0.25) is 5.91 Å². The van der Waals surface area contributed by atoms with Gasteiger partial charge >= 0.3 is 0 Å². The first kappa shape index (κ1) is 24.6. The number of pyridine rings is 1. The molecule has 1 saturated carbocycles. The number of carbonyl (C=O) groups is 1. The fourth-order valence-electron chi connectivity index (χ4n) is 4.96. The number of para-hydroxylation sites is 2. The highest BCUT2D eigenvalue weighted by atomic mass is 16.5. The number of amides is 1. The molecule has 1 amide bonds. The minimum atomic E-state index is 0.0694. The van der Waals surface area contributed by atoms with Crippen molar-refractivity contribution in [2.45, 2.75) is 44.2 Å². The number of hydrogen-bond acceptors (Lipinski definition) is 5. The highest BCUT2D eigenvalue weighted by molar-refractivity contribution is 5.93. The number of rotatable bonds is 8. The third-order valence-electron chi connectivity index (χ3n) is 6.89. The van der Waals surface area contributed by atoms with E-state index in [0.717, 1.165) is 65.2 Å². The number of carbonyl (C=O) groups excluding carboxylic acids is 1. The SMILES string of the molecule is CN(C)c1cc(NC2CCC(NC(=O)Cc3ccc(Oc4ccccc4)cc3)CC2)nc2ccccc12. The number of nitrogens with zero attached hydrogens (tertiary/aromatic N) is 2. The molecule has 6 heteroatoms. The molecule has 0 spiro atoms. The van der Waals surface area contributed by atoms with E-state index in [2.05, 4.69) is 53.9 Å². The van der Waals surface area contributed by atoms with Gasteiger partial charge in [0.1, 0.15) is 17.3 Å². The summed E-state index contributed by atoms with van der Waals surface area (Å²) >= 11 is 0. The molecule has 37 heavy (non-hydrogen) atoms. The van der Waals surface area contributed by atoms with Gasteiger partial charge in [-0.3, -0.25) is 4.79 Å². The normalized spacial score (nSPS) is 17.2. The number of anilines is 2. The standard InChI is InChI=1S/C31H34N4O2/c1-35(2)29-21-30(34-28-11-7-6-10-27(28)29)32-23-14-16-24(17-15-23)33-31(36)20-22-12-18-26(19-13-22)37-25-8-4-3-5-9-25/h3-13,18-19,21,23-24H,14-17,20H2,1-2H3,(H,32,34)(H,33,36). The summed E-state index contributed by atoms with van der Waals surface area (Å²) in [6, 6.07) is 28.4.